The van der Waals surface area contributed by atoms with Crippen LogP contribution >= 0.6 is 0 Å². The van der Waals surface area contributed by atoms with Crippen molar-refractivity contribution in [1.82, 2.24) is 15.5 Å². The summed E-state index contributed by atoms with van der Waals surface area (Å²) in [4.78, 5) is 27.9. The average molecular weight is 740 g/mol. The molecule has 2 aliphatic heterocycles. The van der Waals surface area contributed by atoms with Crippen molar-refractivity contribution in [2.45, 2.75) is 56.4 Å². The second-order valence-electron chi connectivity index (χ2n) is 14.3. The molecule has 11 heteroatoms. The quantitative estimate of drug-likeness (QED) is 0.0949. The number of benzene rings is 3. The second kappa shape index (κ2) is 18.5. The Labute approximate surface area is 316 Å². The van der Waals surface area contributed by atoms with Crippen LogP contribution in [0.25, 0.3) is 0 Å². The molecule has 1 amide bonds. The number of fused-ring (bicyclic) bond motifs is 1. The van der Waals surface area contributed by atoms with Gasteiger partial charge in [-0.3, -0.25) is 9.69 Å². The normalized spacial score (nSPS) is 20.5. The molecule has 0 radical (unpaired) electrons. The zero-order chi connectivity index (χ0) is 37.9. The van der Waals surface area contributed by atoms with Crippen LogP contribution < -0.4 is 15.4 Å². The van der Waals surface area contributed by atoms with Crippen LogP contribution in [0.5, 0.6) is 5.75 Å². The first-order valence-electron chi connectivity index (χ1n) is 18.8. The Bertz CT molecular complexity index is 1810. The van der Waals surface area contributed by atoms with Gasteiger partial charge < -0.3 is 35.4 Å². The minimum Gasteiger partial charge on any atom is -0.510 e. The lowest BCUT2D eigenvalue weighted by atomic mass is 9.81. The first-order chi connectivity index (χ1) is 26.2. The molecule has 1 saturated heterocycles. The van der Waals surface area contributed by atoms with E-state index in [1.54, 1.807) is 36.4 Å². The molecule has 0 bridgehead atoms. The molecule has 286 valence electrons. The molecule has 6 rings (SSSR count). The van der Waals surface area contributed by atoms with Gasteiger partial charge in [0.2, 0.25) is 11.5 Å². The third-order valence-electron chi connectivity index (χ3n) is 10.5. The Balaban J connectivity index is 0.960. The van der Waals surface area contributed by atoms with Crippen molar-refractivity contribution in [3.05, 3.63) is 137 Å². The molecule has 4 atom stereocenters. The van der Waals surface area contributed by atoms with Crippen molar-refractivity contribution in [1.29, 1.82) is 0 Å². The predicted octanol–water partition coefficient (Wildman–Crippen LogP) is 5.07. The van der Waals surface area contributed by atoms with Crippen molar-refractivity contribution >= 4 is 11.9 Å². The van der Waals surface area contributed by atoms with E-state index in [9.17, 15) is 29.3 Å². The molecular formula is C43H50FN3O7. The predicted molar refractivity (Wildman–Crippen MR) is 203 cm³/mol. The van der Waals surface area contributed by atoms with Gasteiger partial charge in [0.15, 0.2) is 0 Å². The van der Waals surface area contributed by atoms with Gasteiger partial charge in [0.25, 0.3) is 0 Å². The van der Waals surface area contributed by atoms with Crippen molar-refractivity contribution in [3.63, 3.8) is 0 Å². The van der Waals surface area contributed by atoms with Crippen LogP contribution in [-0.4, -0.2) is 83.6 Å². The number of nitrogens with one attached hydrogen (secondary N) is 2. The zero-order valence-electron chi connectivity index (χ0n) is 30.4. The number of hydrogen-bond donors (Lipinski definition) is 5. The summed E-state index contributed by atoms with van der Waals surface area (Å²) in [5.41, 5.74) is 0.311. The van der Waals surface area contributed by atoms with E-state index in [-0.39, 0.29) is 41.2 Å². The Morgan fingerprint density at radius 2 is 1.76 bits per heavy atom. The van der Waals surface area contributed by atoms with E-state index >= 15 is 0 Å². The SMILES string of the molecule is O=C1C=CC2C(C(O)CNCCCCCOc3cccc(C(O)(C(=O)OCC4CCN(Cc5ccccc5)CC4)c4ccc(F)cc4)c3)=CC=C(O)C2N1. The molecule has 1 fully saturated rings. The number of piperidine rings is 1. The maximum atomic E-state index is 13.9. The van der Waals surface area contributed by atoms with Gasteiger partial charge in [-0.05, 0) is 111 Å². The first-order valence-corrected chi connectivity index (χ1v) is 18.8. The van der Waals surface area contributed by atoms with Crippen LogP contribution in [0.2, 0.25) is 0 Å². The number of unbranched alkanes of at least 4 members (excludes halogenated alkanes) is 2. The van der Waals surface area contributed by atoms with E-state index in [1.165, 1.54) is 42.0 Å². The van der Waals surface area contributed by atoms with Gasteiger partial charge in [-0.15, -0.1) is 0 Å². The summed E-state index contributed by atoms with van der Waals surface area (Å²) < 4.78 is 25.7. The molecule has 4 unspecified atom stereocenters. The number of hydrogen-bond acceptors (Lipinski definition) is 9. The van der Waals surface area contributed by atoms with Gasteiger partial charge in [0.1, 0.15) is 17.3 Å². The maximum Gasteiger partial charge on any atom is 0.347 e. The Morgan fingerprint density at radius 1 is 0.981 bits per heavy atom. The molecule has 3 aliphatic rings. The Morgan fingerprint density at radius 3 is 2.54 bits per heavy atom. The van der Waals surface area contributed by atoms with E-state index in [0.717, 1.165) is 57.3 Å². The van der Waals surface area contributed by atoms with Crippen molar-refractivity contribution < 1.29 is 38.8 Å². The van der Waals surface area contributed by atoms with E-state index in [4.69, 9.17) is 9.47 Å². The molecule has 1 aliphatic carbocycles. The number of rotatable bonds is 17. The summed E-state index contributed by atoms with van der Waals surface area (Å²) >= 11 is 0. The number of esters is 1. The van der Waals surface area contributed by atoms with E-state index in [2.05, 4.69) is 27.7 Å². The summed E-state index contributed by atoms with van der Waals surface area (Å²) in [5.74, 6) is -1.14. The molecular weight excluding hydrogens is 689 g/mol. The maximum absolute atomic E-state index is 13.9. The molecule has 0 aromatic heterocycles. The number of halogens is 1. The number of allylic oxidation sites excluding steroid dienone is 2. The summed E-state index contributed by atoms with van der Waals surface area (Å²) in [6, 6.07) is 21.7. The standard InChI is InChI=1S/C43H50FN3O7/c44-34-14-12-32(13-15-34)43(52,42(51)54-29-31-20-23-47(24-21-31)28-30-8-3-1-4-9-30)33-10-7-11-35(26-33)53-25-6-2-5-22-45-27-39(49)36-16-18-38(48)41-37(36)17-19-40(50)46-41/h1,3-4,7-19,26,31,37,39,41,45,48-49,52H,2,5-6,20-25,27-29H2,(H,46,50). The van der Waals surface area contributed by atoms with E-state index in [1.807, 2.05) is 18.2 Å². The molecule has 0 spiro atoms. The molecule has 10 nitrogen and oxygen atoms in total. The molecule has 5 N–H and O–H groups in total. The number of amides is 1. The number of aliphatic hydroxyl groups is 3. The lowest BCUT2D eigenvalue weighted by molar-refractivity contribution is -0.164. The average Bonchev–Trinajstić information content (AvgIpc) is 3.19. The Kier molecular flexibility index (Phi) is 13.3. The summed E-state index contributed by atoms with van der Waals surface area (Å²) in [7, 11) is 0. The van der Waals surface area contributed by atoms with Gasteiger partial charge in [-0.1, -0.05) is 66.7 Å². The fourth-order valence-electron chi connectivity index (χ4n) is 7.32. The largest absolute Gasteiger partial charge is 0.510 e. The monoisotopic (exact) mass is 739 g/mol. The highest BCUT2D eigenvalue weighted by atomic mass is 19.1. The zero-order valence-corrected chi connectivity index (χ0v) is 30.4. The van der Waals surface area contributed by atoms with Gasteiger partial charge >= 0.3 is 5.97 Å². The van der Waals surface area contributed by atoms with Crippen molar-refractivity contribution in [2.75, 3.05) is 39.4 Å². The second-order valence-corrected chi connectivity index (χ2v) is 14.3. The minimum atomic E-state index is -2.16. The number of aliphatic hydroxyl groups excluding tert-OH is 2. The third-order valence-corrected chi connectivity index (χ3v) is 10.5. The van der Waals surface area contributed by atoms with Crippen molar-refractivity contribution in [3.8, 4) is 5.75 Å². The molecule has 3 aromatic carbocycles. The lowest BCUT2D eigenvalue weighted by Gasteiger charge is -2.34. The summed E-state index contributed by atoms with van der Waals surface area (Å²) in [5, 5.41) is 39.0. The summed E-state index contributed by atoms with van der Waals surface area (Å²) in [6.45, 7) is 4.28. The molecule has 0 saturated carbocycles. The van der Waals surface area contributed by atoms with Gasteiger partial charge in [0, 0.05) is 24.6 Å². The molecule has 2 heterocycles. The van der Waals surface area contributed by atoms with Crippen LogP contribution in [0.4, 0.5) is 4.39 Å². The van der Waals surface area contributed by atoms with Crippen molar-refractivity contribution in [2.24, 2.45) is 11.8 Å². The van der Waals surface area contributed by atoms with Crippen LogP contribution in [0.15, 0.2) is 114 Å². The van der Waals surface area contributed by atoms with E-state index in [0.29, 0.717) is 25.4 Å². The summed E-state index contributed by atoms with van der Waals surface area (Å²) in [6.07, 6.45) is 9.80. The smallest absolute Gasteiger partial charge is 0.347 e. The molecule has 54 heavy (non-hydrogen) atoms. The van der Waals surface area contributed by atoms with Crippen LogP contribution in [-0.2, 0) is 26.5 Å². The van der Waals surface area contributed by atoms with Gasteiger partial charge in [-0.2, -0.15) is 0 Å². The van der Waals surface area contributed by atoms with Crippen LogP contribution in [0, 0.1) is 17.7 Å². The fourth-order valence-corrected chi connectivity index (χ4v) is 7.32. The highest BCUT2D eigenvalue weighted by Gasteiger charge is 2.42. The van der Waals surface area contributed by atoms with Crippen LogP contribution in [0.1, 0.15) is 48.8 Å². The fraction of sp³-hybridized carbons (Fsp3) is 0.395. The number of carbonyl (C=O) groups excluding carboxylic acids is 2. The lowest BCUT2D eigenvalue weighted by Crippen LogP contribution is -2.47. The van der Waals surface area contributed by atoms with E-state index < -0.39 is 29.5 Å². The number of nitrogens with zero attached hydrogens (tertiary/aromatic N) is 1. The van der Waals surface area contributed by atoms with Gasteiger partial charge in [-0.25, -0.2) is 9.18 Å². The highest BCUT2D eigenvalue weighted by Crippen LogP contribution is 2.34. The minimum absolute atomic E-state index is 0.0681. The first kappa shape index (κ1) is 38.9. The molecule has 3 aromatic rings. The number of carbonyl (C=O) groups is 2. The third kappa shape index (κ3) is 9.83. The number of likely N-dealkylation sites (tertiary alicyclic amines) is 1. The van der Waals surface area contributed by atoms with Gasteiger partial charge in [0.05, 0.1) is 25.4 Å². The van der Waals surface area contributed by atoms with Crippen LogP contribution in [0.3, 0.4) is 0 Å². The Hall–Kier alpha value is -4.81. The number of ether oxygens (including phenoxy) is 2. The topological polar surface area (TPSA) is 141 Å². The highest BCUT2D eigenvalue weighted by molar-refractivity contribution is 5.89.